The Morgan fingerprint density at radius 2 is 1.39 bits per heavy atom. The summed E-state index contributed by atoms with van der Waals surface area (Å²) in [6.45, 7) is 4.55. The van der Waals surface area contributed by atoms with Crippen molar-refractivity contribution in [2.75, 3.05) is 0 Å². The average molecular weight is 419 g/mol. The number of carbonyl (C=O) groups excluding carboxylic acids is 1. The largest absolute Gasteiger partial charge is 0.294 e. The second-order valence-electron chi connectivity index (χ2n) is 9.71. The molecule has 31 heavy (non-hydrogen) atoms. The molecule has 168 valence electrons. The molecule has 0 aromatic heterocycles. The topological polar surface area (TPSA) is 17.1 Å². The molecule has 0 saturated heterocycles. The first kappa shape index (κ1) is 23.8. The van der Waals surface area contributed by atoms with Crippen LogP contribution in [0.2, 0.25) is 0 Å². The minimum atomic E-state index is 0.227. The van der Waals surface area contributed by atoms with Crippen LogP contribution in [-0.2, 0) is 12.8 Å². The van der Waals surface area contributed by atoms with Crippen LogP contribution in [-0.4, -0.2) is 5.78 Å². The molecule has 0 bridgehead atoms. The van der Waals surface area contributed by atoms with Crippen molar-refractivity contribution in [3.8, 4) is 0 Å². The summed E-state index contributed by atoms with van der Waals surface area (Å²) in [5.41, 5.74) is 4.79. The predicted molar refractivity (Wildman–Crippen MR) is 133 cm³/mol. The highest BCUT2D eigenvalue weighted by Gasteiger charge is 2.22. The number of Topliss-reactive ketones (excluding diaryl/α,β-unsaturated/α-hetero) is 1. The second-order valence-corrected chi connectivity index (χ2v) is 9.71. The van der Waals surface area contributed by atoms with Gasteiger partial charge in [-0.3, -0.25) is 4.79 Å². The molecule has 0 heterocycles. The Morgan fingerprint density at radius 3 is 2.03 bits per heavy atom. The first-order valence-corrected chi connectivity index (χ1v) is 12.9. The number of benzene rings is 2. The van der Waals surface area contributed by atoms with Gasteiger partial charge in [-0.1, -0.05) is 101 Å². The molecule has 1 fully saturated rings. The van der Waals surface area contributed by atoms with Crippen LogP contribution in [0.15, 0.2) is 48.5 Å². The van der Waals surface area contributed by atoms with Crippen LogP contribution in [0, 0.1) is 5.92 Å². The van der Waals surface area contributed by atoms with E-state index in [9.17, 15) is 4.79 Å². The summed E-state index contributed by atoms with van der Waals surface area (Å²) in [5, 5.41) is 0. The molecule has 0 atom stereocenters. The fourth-order valence-electron chi connectivity index (χ4n) is 5.18. The van der Waals surface area contributed by atoms with Gasteiger partial charge in [0.05, 0.1) is 0 Å². The third-order valence-electron chi connectivity index (χ3n) is 7.20. The maximum absolute atomic E-state index is 12.8. The highest BCUT2D eigenvalue weighted by atomic mass is 16.1. The maximum atomic E-state index is 12.8. The molecule has 0 unspecified atom stereocenters. The quantitative estimate of drug-likeness (QED) is 0.249. The van der Waals surface area contributed by atoms with E-state index in [0.29, 0.717) is 12.3 Å². The maximum Gasteiger partial charge on any atom is 0.167 e. The summed E-state index contributed by atoms with van der Waals surface area (Å²) in [7, 11) is 0. The minimum absolute atomic E-state index is 0.227. The lowest BCUT2D eigenvalue weighted by Crippen LogP contribution is -2.13. The van der Waals surface area contributed by atoms with Crippen molar-refractivity contribution in [3.63, 3.8) is 0 Å². The first-order chi connectivity index (χ1) is 15.2. The van der Waals surface area contributed by atoms with Gasteiger partial charge < -0.3 is 0 Å². The molecule has 0 amide bonds. The summed E-state index contributed by atoms with van der Waals surface area (Å²) >= 11 is 0. The van der Waals surface area contributed by atoms with E-state index < -0.39 is 0 Å². The van der Waals surface area contributed by atoms with E-state index in [-0.39, 0.29) is 5.78 Å². The highest BCUT2D eigenvalue weighted by molar-refractivity contribution is 5.97. The van der Waals surface area contributed by atoms with Gasteiger partial charge in [0.15, 0.2) is 5.78 Å². The van der Waals surface area contributed by atoms with E-state index in [1.54, 1.807) is 0 Å². The van der Waals surface area contributed by atoms with E-state index in [4.69, 9.17) is 0 Å². The Bertz CT molecular complexity index is 763. The van der Waals surface area contributed by atoms with Gasteiger partial charge in [0.1, 0.15) is 0 Å². The Labute approximate surface area is 190 Å². The predicted octanol–water partition coefficient (Wildman–Crippen LogP) is 8.70. The van der Waals surface area contributed by atoms with Crippen molar-refractivity contribution in [1.29, 1.82) is 0 Å². The van der Waals surface area contributed by atoms with E-state index in [1.165, 1.54) is 81.8 Å². The van der Waals surface area contributed by atoms with Gasteiger partial charge in [-0.2, -0.15) is 0 Å². The fourth-order valence-corrected chi connectivity index (χ4v) is 5.18. The number of unbranched alkanes of at least 4 members (excludes halogenated alkanes) is 4. The van der Waals surface area contributed by atoms with Crippen LogP contribution in [0.1, 0.15) is 117 Å². The number of ketones is 1. The van der Waals surface area contributed by atoms with Crippen molar-refractivity contribution in [2.45, 2.75) is 103 Å². The molecule has 0 N–H and O–H groups in total. The number of hydrogen-bond donors (Lipinski definition) is 0. The molecular formula is C30H42O. The normalized spacial score (nSPS) is 18.8. The summed E-state index contributed by atoms with van der Waals surface area (Å²) in [5.74, 6) is 1.85. The smallest absolute Gasteiger partial charge is 0.167 e. The summed E-state index contributed by atoms with van der Waals surface area (Å²) in [4.78, 5) is 12.8. The third kappa shape index (κ3) is 7.63. The molecule has 1 saturated carbocycles. The lowest BCUT2D eigenvalue weighted by Gasteiger charge is -2.28. The van der Waals surface area contributed by atoms with E-state index in [2.05, 4.69) is 62.4 Å². The van der Waals surface area contributed by atoms with Gasteiger partial charge in [0.2, 0.25) is 0 Å². The average Bonchev–Trinajstić information content (AvgIpc) is 2.81. The summed E-state index contributed by atoms with van der Waals surface area (Å²) in [6.07, 6.45) is 16.3. The van der Waals surface area contributed by atoms with Gasteiger partial charge in [-0.15, -0.1) is 0 Å². The zero-order chi connectivity index (χ0) is 21.9. The van der Waals surface area contributed by atoms with Crippen LogP contribution in [0.3, 0.4) is 0 Å². The molecule has 0 radical (unpaired) electrons. The zero-order valence-corrected chi connectivity index (χ0v) is 19.9. The van der Waals surface area contributed by atoms with Gasteiger partial charge in [0.25, 0.3) is 0 Å². The Hall–Kier alpha value is -1.89. The van der Waals surface area contributed by atoms with Gasteiger partial charge >= 0.3 is 0 Å². The zero-order valence-electron chi connectivity index (χ0n) is 19.9. The number of carbonyl (C=O) groups is 1. The minimum Gasteiger partial charge on any atom is -0.294 e. The molecule has 2 aromatic rings. The fraction of sp³-hybridized carbons (Fsp3) is 0.567. The number of rotatable bonds is 12. The first-order valence-electron chi connectivity index (χ1n) is 12.9. The van der Waals surface area contributed by atoms with Crippen LogP contribution >= 0.6 is 0 Å². The van der Waals surface area contributed by atoms with Crippen molar-refractivity contribution in [2.24, 2.45) is 5.92 Å². The van der Waals surface area contributed by atoms with E-state index in [0.717, 1.165) is 23.5 Å². The molecule has 1 aliphatic rings. The lowest BCUT2D eigenvalue weighted by molar-refractivity contribution is 0.0993. The van der Waals surface area contributed by atoms with Crippen molar-refractivity contribution in [1.82, 2.24) is 0 Å². The SMILES string of the molecule is CCCCCCCc1ccc(CC(=O)c2ccc([C@H]3CC[C@H](CCC)CC3)cc2)cc1. The number of aryl methyl sites for hydroxylation is 1. The van der Waals surface area contributed by atoms with Crippen LogP contribution in [0.25, 0.3) is 0 Å². The lowest BCUT2D eigenvalue weighted by atomic mass is 9.77. The molecule has 3 rings (SSSR count). The van der Waals surface area contributed by atoms with Crippen LogP contribution in [0.5, 0.6) is 0 Å². The highest BCUT2D eigenvalue weighted by Crippen LogP contribution is 2.37. The second kappa shape index (κ2) is 12.8. The molecule has 2 aromatic carbocycles. The number of hydrogen-bond acceptors (Lipinski definition) is 1. The van der Waals surface area contributed by atoms with Crippen LogP contribution in [0.4, 0.5) is 0 Å². The Kier molecular flexibility index (Phi) is 9.85. The standard InChI is InChI=1S/C30H42O/c1-3-5-6-7-8-10-25-11-13-26(14-12-25)23-30(31)29-21-19-28(20-22-29)27-17-15-24(9-4-2)16-18-27/h11-14,19-22,24,27H,3-10,15-18,23H2,1-2H3/t24-,27-. The Morgan fingerprint density at radius 1 is 0.742 bits per heavy atom. The third-order valence-corrected chi connectivity index (χ3v) is 7.20. The molecule has 1 heteroatoms. The Balaban J connectivity index is 1.46. The van der Waals surface area contributed by atoms with Gasteiger partial charge in [-0.25, -0.2) is 0 Å². The molecule has 1 nitrogen and oxygen atoms in total. The van der Waals surface area contributed by atoms with Crippen LogP contribution < -0.4 is 0 Å². The van der Waals surface area contributed by atoms with Crippen molar-refractivity contribution < 1.29 is 4.79 Å². The molecule has 0 aliphatic heterocycles. The monoisotopic (exact) mass is 418 g/mol. The van der Waals surface area contributed by atoms with E-state index in [1.807, 2.05) is 0 Å². The summed E-state index contributed by atoms with van der Waals surface area (Å²) in [6, 6.07) is 17.2. The molecule has 1 aliphatic carbocycles. The summed E-state index contributed by atoms with van der Waals surface area (Å²) < 4.78 is 0. The van der Waals surface area contributed by atoms with E-state index >= 15 is 0 Å². The van der Waals surface area contributed by atoms with Gasteiger partial charge in [0, 0.05) is 12.0 Å². The molecular weight excluding hydrogens is 376 g/mol. The van der Waals surface area contributed by atoms with Crippen molar-refractivity contribution >= 4 is 5.78 Å². The molecule has 0 spiro atoms. The van der Waals surface area contributed by atoms with Gasteiger partial charge in [-0.05, 0) is 67.1 Å². The van der Waals surface area contributed by atoms with Crippen molar-refractivity contribution in [3.05, 3.63) is 70.8 Å².